The van der Waals surface area contributed by atoms with Crippen LogP contribution in [-0.2, 0) is 12.1 Å². The number of rotatable bonds is 3. The highest BCUT2D eigenvalue weighted by Crippen LogP contribution is 2.24. The summed E-state index contributed by atoms with van der Waals surface area (Å²) in [5.74, 6) is 0.470. The van der Waals surface area contributed by atoms with E-state index in [1.54, 1.807) is 29.0 Å². The van der Waals surface area contributed by atoms with Gasteiger partial charge in [0.2, 0.25) is 0 Å². The Kier molecular flexibility index (Phi) is 4.34. The summed E-state index contributed by atoms with van der Waals surface area (Å²) in [6.45, 7) is 6.15. The Morgan fingerprint density at radius 3 is 2.67 bits per heavy atom. The van der Waals surface area contributed by atoms with Gasteiger partial charge >= 0.3 is 5.56 Å². The van der Waals surface area contributed by atoms with Gasteiger partial charge in [0, 0.05) is 29.5 Å². The second-order valence-corrected chi connectivity index (χ2v) is 6.04. The molecule has 1 aromatic carbocycles. The molecule has 112 valence electrons. The quantitative estimate of drug-likeness (QED) is 0.946. The number of ether oxygens (including phenoxy) is 1. The Morgan fingerprint density at radius 2 is 2.10 bits per heavy atom. The fourth-order valence-corrected chi connectivity index (χ4v) is 2.11. The van der Waals surface area contributed by atoms with Crippen molar-refractivity contribution in [2.24, 2.45) is 5.73 Å². The Balaban J connectivity index is 2.37. The number of nitrogens with zero attached hydrogens (tertiary/aromatic N) is 2. The smallest absolute Gasteiger partial charge is 0.314 e. The van der Waals surface area contributed by atoms with Crippen LogP contribution in [0.1, 0.15) is 26.3 Å². The molecule has 0 amide bonds. The SMILES string of the molecule is CC(C)(C)n1ccnc(Oc2ccc(CN)c(Cl)c2)c1=O. The van der Waals surface area contributed by atoms with E-state index in [2.05, 4.69) is 4.98 Å². The molecule has 5 nitrogen and oxygen atoms in total. The molecule has 0 aliphatic rings. The van der Waals surface area contributed by atoms with E-state index in [1.807, 2.05) is 20.8 Å². The maximum Gasteiger partial charge on any atom is 0.314 e. The van der Waals surface area contributed by atoms with Crippen LogP contribution >= 0.6 is 11.6 Å². The lowest BCUT2D eigenvalue weighted by Crippen LogP contribution is -2.34. The minimum Gasteiger partial charge on any atom is -0.435 e. The van der Waals surface area contributed by atoms with Gasteiger partial charge in [-0.15, -0.1) is 0 Å². The first kappa shape index (κ1) is 15.5. The van der Waals surface area contributed by atoms with E-state index in [1.165, 1.54) is 6.20 Å². The first-order valence-electron chi connectivity index (χ1n) is 6.57. The molecule has 2 N–H and O–H groups in total. The average Bonchev–Trinajstić information content (AvgIpc) is 2.40. The van der Waals surface area contributed by atoms with Crippen molar-refractivity contribution in [3.63, 3.8) is 0 Å². The predicted molar refractivity (Wildman–Crippen MR) is 82.9 cm³/mol. The summed E-state index contributed by atoms with van der Waals surface area (Å²) in [4.78, 5) is 16.3. The molecule has 0 spiro atoms. The lowest BCUT2D eigenvalue weighted by molar-refractivity contribution is 0.363. The number of hydrogen-bond acceptors (Lipinski definition) is 4. The van der Waals surface area contributed by atoms with E-state index in [4.69, 9.17) is 22.1 Å². The van der Waals surface area contributed by atoms with Crippen molar-refractivity contribution in [3.8, 4) is 11.6 Å². The maximum absolute atomic E-state index is 12.4. The lowest BCUT2D eigenvalue weighted by Gasteiger charge is -2.22. The van der Waals surface area contributed by atoms with Crippen LogP contribution in [0.2, 0.25) is 5.02 Å². The lowest BCUT2D eigenvalue weighted by atomic mass is 10.1. The van der Waals surface area contributed by atoms with Gasteiger partial charge in [0.15, 0.2) is 0 Å². The minimum absolute atomic E-state index is 0.0176. The van der Waals surface area contributed by atoms with Gasteiger partial charge in [0.05, 0.1) is 0 Å². The molecule has 0 radical (unpaired) electrons. The molecule has 0 saturated carbocycles. The molecule has 2 aromatic rings. The van der Waals surface area contributed by atoms with Crippen LogP contribution in [0, 0.1) is 0 Å². The molecule has 0 aliphatic heterocycles. The number of halogens is 1. The minimum atomic E-state index is -0.348. The van der Waals surface area contributed by atoms with Crippen LogP contribution in [0.15, 0.2) is 35.4 Å². The summed E-state index contributed by atoms with van der Waals surface area (Å²) < 4.78 is 7.13. The van der Waals surface area contributed by atoms with Gasteiger partial charge in [-0.2, -0.15) is 0 Å². The van der Waals surface area contributed by atoms with E-state index in [9.17, 15) is 4.79 Å². The zero-order valence-electron chi connectivity index (χ0n) is 12.3. The highest BCUT2D eigenvalue weighted by molar-refractivity contribution is 6.31. The molecular weight excluding hydrogens is 290 g/mol. The Labute approximate surface area is 128 Å². The van der Waals surface area contributed by atoms with Gasteiger partial charge in [0.25, 0.3) is 5.88 Å². The molecule has 21 heavy (non-hydrogen) atoms. The number of hydrogen-bond donors (Lipinski definition) is 1. The zero-order chi connectivity index (χ0) is 15.6. The van der Waals surface area contributed by atoms with Crippen molar-refractivity contribution in [1.29, 1.82) is 0 Å². The fraction of sp³-hybridized carbons (Fsp3) is 0.333. The third kappa shape index (κ3) is 3.43. The molecule has 0 bridgehead atoms. The normalized spacial score (nSPS) is 11.5. The van der Waals surface area contributed by atoms with Crippen molar-refractivity contribution in [1.82, 2.24) is 9.55 Å². The molecule has 0 fully saturated rings. The average molecular weight is 308 g/mol. The van der Waals surface area contributed by atoms with E-state index in [0.717, 1.165) is 5.56 Å². The maximum atomic E-state index is 12.4. The van der Waals surface area contributed by atoms with E-state index >= 15 is 0 Å². The van der Waals surface area contributed by atoms with Gasteiger partial charge < -0.3 is 15.0 Å². The Hall–Kier alpha value is -1.85. The summed E-state index contributed by atoms with van der Waals surface area (Å²) in [6.07, 6.45) is 3.18. The standard InChI is InChI=1S/C15H18ClN3O2/c1-15(2,3)19-7-6-18-13(14(19)20)21-11-5-4-10(9-17)12(16)8-11/h4-8H,9,17H2,1-3H3. The van der Waals surface area contributed by atoms with Gasteiger partial charge in [0.1, 0.15) is 5.75 Å². The van der Waals surface area contributed by atoms with Gasteiger partial charge in [-0.1, -0.05) is 17.7 Å². The largest absolute Gasteiger partial charge is 0.435 e. The van der Waals surface area contributed by atoms with E-state index in [0.29, 0.717) is 17.3 Å². The molecule has 1 heterocycles. The van der Waals surface area contributed by atoms with Crippen molar-refractivity contribution < 1.29 is 4.74 Å². The van der Waals surface area contributed by atoms with Crippen LogP contribution < -0.4 is 16.0 Å². The van der Waals surface area contributed by atoms with Gasteiger partial charge in [-0.3, -0.25) is 4.79 Å². The molecule has 6 heteroatoms. The van der Waals surface area contributed by atoms with Crippen LogP contribution in [0.3, 0.4) is 0 Å². The first-order chi connectivity index (χ1) is 9.82. The zero-order valence-corrected chi connectivity index (χ0v) is 13.0. The Morgan fingerprint density at radius 1 is 1.38 bits per heavy atom. The number of nitrogens with two attached hydrogens (primary N) is 1. The third-order valence-electron chi connectivity index (χ3n) is 2.99. The summed E-state index contributed by atoms with van der Waals surface area (Å²) in [6, 6.07) is 5.10. The summed E-state index contributed by atoms with van der Waals surface area (Å²) in [5, 5.41) is 0.502. The molecule has 0 aliphatic carbocycles. The van der Waals surface area contributed by atoms with Gasteiger partial charge in [-0.25, -0.2) is 4.98 Å². The van der Waals surface area contributed by atoms with Crippen LogP contribution in [0.25, 0.3) is 0 Å². The van der Waals surface area contributed by atoms with Crippen LogP contribution in [-0.4, -0.2) is 9.55 Å². The van der Waals surface area contributed by atoms with Crippen LogP contribution in [0.5, 0.6) is 11.6 Å². The molecule has 0 atom stereocenters. The fourth-order valence-electron chi connectivity index (χ4n) is 1.86. The van der Waals surface area contributed by atoms with Crippen molar-refractivity contribution >= 4 is 11.6 Å². The van der Waals surface area contributed by atoms with Crippen molar-refractivity contribution in [2.75, 3.05) is 0 Å². The predicted octanol–water partition coefficient (Wildman–Crippen LogP) is 2.90. The van der Waals surface area contributed by atoms with Crippen molar-refractivity contribution in [3.05, 3.63) is 51.5 Å². The molecule has 2 rings (SSSR count). The highest BCUT2D eigenvalue weighted by Gasteiger charge is 2.17. The summed E-state index contributed by atoms with van der Waals surface area (Å²) in [7, 11) is 0. The topological polar surface area (TPSA) is 70.1 Å². The second kappa shape index (κ2) is 5.87. The monoisotopic (exact) mass is 307 g/mol. The summed E-state index contributed by atoms with van der Waals surface area (Å²) >= 11 is 6.08. The first-order valence-corrected chi connectivity index (χ1v) is 6.95. The third-order valence-corrected chi connectivity index (χ3v) is 3.34. The summed E-state index contributed by atoms with van der Waals surface area (Å²) in [5.41, 5.74) is 5.74. The van der Waals surface area contributed by atoms with Gasteiger partial charge in [-0.05, 0) is 38.5 Å². The highest BCUT2D eigenvalue weighted by atomic mass is 35.5. The van der Waals surface area contributed by atoms with E-state index in [-0.39, 0.29) is 17.0 Å². The Bertz CT molecular complexity index is 705. The molecule has 0 saturated heterocycles. The number of benzene rings is 1. The van der Waals surface area contributed by atoms with E-state index < -0.39 is 0 Å². The molecular formula is C15H18ClN3O2. The van der Waals surface area contributed by atoms with Crippen LogP contribution in [0.4, 0.5) is 0 Å². The second-order valence-electron chi connectivity index (χ2n) is 5.64. The molecule has 1 aromatic heterocycles. The molecule has 0 unspecified atom stereocenters. The number of aromatic nitrogens is 2. The van der Waals surface area contributed by atoms with Crippen molar-refractivity contribution in [2.45, 2.75) is 32.9 Å².